The highest BCUT2D eigenvalue weighted by atomic mass is 31.2. The predicted octanol–water partition coefficient (Wildman–Crippen LogP) is -9.97. The number of carboxylic acids is 4. The van der Waals surface area contributed by atoms with Crippen molar-refractivity contribution in [3.8, 4) is 17.3 Å². The van der Waals surface area contributed by atoms with Crippen molar-refractivity contribution in [3.63, 3.8) is 0 Å². The van der Waals surface area contributed by atoms with Crippen molar-refractivity contribution in [1.82, 2.24) is 30.5 Å². The molecule has 0 fully saturated rings. The zero-order chi connectivity index (χ0) is 46.6. The standard InChI is InChI=1S/C34H43N6O21P/c1-14(29(50)36-19(32(53)54)4-7-24(44)35-18(5-8-25(45)46)31(52)37-20(33(55)56)6-9-26(47)48)61-62(58,59)60-13-23(43)27(49)22(42)12-40-21-11-16(41)3-2-15(21)10-17-28(40)38-34(57)39-30(17)51/h2-3,10-11,14,18-20,22-23,27,42-43,49H,4-9,12-13H2,1H3,(H,35,44)(H,36,50)(H,37,52)(H,45,46)(H,47,48)(H,53,54)(H,55,56)(H,58,59)(H2,38,39,51,57)/p-6/t14-,18-,19-,20-,22-,23+,27-/m0/s1. The molecule has 1 aromatic rings. The molecule has 0 saturated heterocycles. The van der Waals surface area contributed by atoms with Crippen LogP contribution in [0.4, 0.5) is 0 Å². The maximum atomic E-state index is 12.7. The Kier molecular flexibility index (Phi) is 17.7. The average Bonchev–Trinajstić information content (AvgIpc) is 3.17. The summed E-state index contributed by atoms with van der Waals surface area (Å²) < 4.78 is 22.6. The number of H-pyrrole nitrogens is 1. The van der Waals surface area contributed by atoms with E-state index in [-0.39, 0.29) is 22.3 Å². The minimum Gasteiger partial charge on any atom is -0.846 e. The van der Waals surface area contributed by atoms with Crippen LogP contribution in [0.2, 0.25) is 0 Å². The van der Waals surface area contributed by atoms with Crippen LogP contribution in [0.3, 0.4) is 0 Å². The maximum absolute atomic E-state index is 12.7. The lowest BCUT2D eigenvalue weighted by Gasteiger charge is -2.30. The maximum Gasteiger partial charge on any atom is 0.268 e. The second kappa shape index (κ2) is 22.0. The molecule has 27 nitrogen and oxygen atoms in total. The van der Waals surface area contributed by atoms with Gasteiger partial charge in [0.1, 0.15) is 36.1 Å². The fraction of sp³-hybridized carbons (Fsp3) is 0.471. The molecule has 340 valence electrons. The van der Waals surface area contributed by atoms with Gasteiger partial charge in [0.25, 0.3) is 13.4 Å². The van der Waals surface area contributed by atoms with Crippen molar-refractivity contribution in [3.05, 3.63) is 44.8 Å². The number of phosphoric acid groups is 1. The Morgan fingerprint density at radius 2 is 1.39 bits per heavy atom. The van der Waals surface area contributed by atoms with Gasteiger partial charge in [0.15, 0.2) is 5.43 Å². The third-order valence-corrected chi connectivity index (χ3v) is 9.81. The van der Waals surface area contributed by atoms with Crippen LogP contribution in [-0.2, 0) is 53.7 Å². The molecule has 0 aromatic carbocycles. The number of nitrogens with one attached hydrogen (secondary N) is 4. The lowest BCUT2D eigenvalue weighted by atomic mass is 10.0. The van der Waals surface area contributed by atoms with Gasteiger partial charge in [-0.25, -0.2) is 4.98 Å². The monoisotopic (exact) mass is 896 g/mol. The van der Waals surface area contributed by atoms with E-state index in [9.17, 15) is 93.5 Å². The van der Waals surface area contributed by atoms with Crippen LogP contribution >= 0.6 is 7.82 Å². The highest BCUT2D eigenvalue weighted by Gasteiger charge is 2.31. The number of aromatic nitrogens is 3. The second-order valence-electron chi connectivity index (χ2n) is 13.4. The van der Waals surface area contributed by atoms with E-state index in [4.69, 9.17) is 0 Å². The van der Waals surface area contributed by atoms with Crippen LogP contribution in [0.1, 0.15) is 45.4 Å². The van der Waals surface area contributed by atoms with Gasteiger partial charge < -0.3 is 99.5 Å². The summed E-state index contributed by atoms with van der Waals surface area (Å²) in [5.74, 6) is -11.2. The summed E-state index contributed by atoms with van der Waals surface area (Å²) >= 11 is 0. The molecule has 2 aliphatic rings. The Balaban J connectivity index is 1.59. The number of hydrogen-bond donors (Lipinski definition) is 7. The van der Waals surface area contributed by atoms with Gasteiger partial charge in [0, 0.05) is 24.4 Å². The number of amides is 3. The van der Waals surface area contributed by atoms with Crippen LogP contribution in [-0.4, -0.2) is 121 Å². The first-order valence-corrected chi connectivity index (χ1v) is 19.5. The van der Waals surface area contributed by atoms with Crippen LogP contribution in [0.5, 0.6) is 6.01 Å². The highest BCUT2D eigenvalue weighted by Crippen LogP contribution is 2.40. The number of carbonyl (C=O) groups excluding carboxylic acids is 7. The van der Waals surface area contributed by atoms with Gasteiger partial charge in [-0.3, -0.25) is 28.5 Å². The molecule has 1 aliphatic carbocycles. The van der Waals surface area contributed by atoms with Crippen molar-refractivity contribution in [2.45, 2.75) is 94.5 Å². The van der Waals surface area contributed by atoms with Crippen molar-refractivity contribution in [2.24, 2.45) is 0 Å². The van der Waals surface area contributed by atoms with Crippen molar-refractivity contribution in [2.75, 3.05) is 6.61 Å². The fourth-order valence-corrected chi connectivity index (χ4v) is 6.48. The Morgan fingerprint density at radius 1 is 0.823 bits per heavy atom. The van der Waals surface area contributed by atoms with Gasteiger partial charge in [-0.2, -0.15) is 0 Å². The number of carboxylic acid groups (broad SMARTS) is 4. The Bertz CT molecular complexity index is 2300. The van der Waals surface area contributed by atoms with Crippen LogP contribution in [0.25, 0.3) is 22.3 Å². The molecule has 0 spiro atoms. The molecule has 62 heavy (non-hydrogen) atoms. The molecule has 3 amide bonds. The normalized spacial score (nSPS) is 15.8. The van der Waals surface area contributed by atoms with Crippen LogP contribution in [0, 0.1) is 0 Å². The molecule has 1 aromatic heterocycles. The van der Waals surface area contributed by atoms with Gasteiger partial charge in [-0.05, 0) is 62.8 Å². The molecule has 28 heteroatoms. The van der Waals surface area contributed by atoms with Crippen molar-refractivity contribution < 1.29 is 92.9 Å². The van der Waals surface area contributed by atoms with E-state index in [2.05, 4.69) is 14.0 Å². The van der Waals surface area contributed by atoms with Gasteiger partial charge in [0.2, 0.25) is 17.7 Å². The molecule has 0 radical (unpaired) electrons. The minimum atomic E-state index is -5.61. The van der Waals surface area contributed by atoms with E-state index in [1.165, 1.54) is 12.1 Å². The van der Waals surface area contributed by atoms with Gasteiger partial charge >= 0.3 is 0 Å². The minimum absolute atomic E-state index is 0.0501. The van der Waals surface area contributed by atoms with Crippen molar-refractivity contribution >= 4 is 60.5 Å². The summed E-state index contributed by atoms with van der Waals surface area (Å²) in [5.41, 5.74) is -1.39. The van der Waals surface area contributed by atoms with E-state index in [1.807, 2.05) is 20.9 Å². The van der Waals surface area contributed by atoms with Gasteiger partial charge in [0.05, 0.1) is 54.3 Å². The molecule has 0 saturated carbocycles. The zero-order valence-electron chi connectivity index (χ0n) is 32.0. The quantitative estimate of drug-likeness (QED) is 0.0307. The summed E-state index contributed by atoms with van der Waals surface area (Å²) in [4.78, 5) is 125. The fourth-order valence-electron chi connectivity index (χ4n) is 5.60. The number of benzene rings is 1. The van der Waals surface area contributed by atoms with Gasteiger partial charge in [-0.1, -0.05) is 0 Å². The largest absolute Gasteiger partial charge is 0.846 e. The number of phosphoric ester groups is 1. The number of aliphatic carboxylic acids is 4. The zero-order valence-corrected chi connectivity index (χ0v) is 32.9. The van der Waals surface area contributed by atoms with E-state index in [1.54, 1.807) is 0 Å². The van der Waals surface area contributed by atoms with Crippen LogP contribution in [0.15, 0.2) is 33.9 Å². The highest BCUT2D eigenvalue weighted by molar-refractivity contribution is 7.45. The number of rotatable bonds is 25. The summed E-state index contributed by atoms with van der Waals surface area (Å²) in [6.07, 6.45) is -13.2. The number of carbonyl (C=O) groups is 7. The molecular formula is C34H37N6O21P-6. The Labute approximate surface area is 346 Å². The summed E-state index contributed by atoms with van der Waals surface area (Å²) in [6.45, 7) is -1.24. The summed E-state index contributed by atoms with van der Waals surface area (Å²) in [5, 5.41) is 94.1. The van der Waals surface area contributed by atoms with E-state index in [0.29, 0.717) is 0 Å². The number of hydrogen-bond acceptors (Lipinski definition) is 22. The molecule has 8 atom stereocenters. The molecule has 1 aliphatic heterocycles. The number of pyridine rings is 1. The molecule has 0 bridgehead atoms. The number of fused-ring (bicyclic) bond motifs is 2. The van der Waals surface area contributed by atoms with Crippen molar-refractivity contribution in [1.29, 1.82) is 0 Å². The number of nitrogens with zero attached hydrogens (tertiary/aromatic N) is 2. The average molecular weight is 897 g/mol. The summed E-state index contributed by atoms with van der Waals surface area (Å²) in [6, 6.07) is -1.94. The number of aliphatic hydroxyl groups excluding tert-OH is 3. The Morgan fingerprint density at radius 3 is 1.97 bits per heavy atom. The third-order valence-electron chi connectivity index (χ3n) is 8.77. The second-order valence-corrected chi connectivity index (χ2v) is 14.8. The molecular weight excluding hydrogens is 859 g/mol. The molecule has 2 heterocycles. The molecule has 1 unspecified atom stereocenters. The Hall–Kier alpha value is -6.35. The van der Waals surface area contributed by atoms with Gasteiger partial charge in [-0.15, -0.1) is 0 Å². The first-order chi connectivity index (χ1) is 28.9. The smallest absolute Gasteiger partial charge is 0.268 e. The lowest BCUT2D eigenvalue weighted by Crippen LogP contribution is -2.55. The summed E-state index contributed by atoms with van der Waals surface area (Å²) in [7, 11) is -5.61. The first kappa shape index (κ1) is 50.0. The van der Waals surface area contributed by atoms with E-state index >= 15 is 0 Å². The first-order valence-electron chi connectivity index (χ1n) is 18.0. The van der Waals surface area contributed by atoms with E-state index < -0.39 is 161 Å². The van der Waals surface area contributed by atoms with E-state index in [0.717, 1.165) is 23.6 Å². The third kappa shape index (κ3) is 14.7. The lowest BCUT2D eigenvalue weighted by molar-refractivity contribution is -0.311. The number of aliphatic hydroxyl groups is 3. The SMILES string of the molecule is C[C@H](OP(=O)([O-])OC[C@@H](O)[C@@H](O)[C@@H](O)Cn1c2cc(=O)ccc-2cc2c(=O)[nH]c([O-])nc21)C(=O)N[C@@H](CCC(=O)N[C@@H](CCC(=O)[O-])C(=O)N[C@@H](CCC(=O)[O-])C(=O)[O-])C(=O)[O-]. The van der Waals surface area contributed by atoms with Crippen LogP contribution < -0.4 is 57.4 Å². The predicted molar refractivity (Wildman–Crippen MR) is 188 cm³/mol. The number of aromatic amines is 1. The topological polar surface area (TPSA) is 458 Å². The molecule has 7 N–H and O–H groups in total. The molecule has 3 rings (SSSR count).